The molecule has 1 aromatic carbocycles. The highest BCUT2D eigenvalue weighted by Gasteiger charge is 2.25. The van der Waals surface area contributed by atoms with Crippen molar-refractivity contribution in [3.05, 3.63) is 35.4 Å². The summed E-state index contributed by atoms with van der Waals surface area (Å²) in [4.78, 5) is 2.22. The quantitative estimate of drug-likeness (QED) is 0.913. The summed E-state index contributed by atoms with van der Waals surface area (Å²) < 4.78 is 27.3. The summed E-state index contributed by atoms with van der Waals surface area (Å²) >= 11 is 0. The lowest BCUT2D eigenvalue weighted by atomic mass is 9.91. The Morgan fingerprint density at radius 3 is 2.26 bits per heavy atom. The van der Waals surface area contributed by atoms with Crippen molar-refractivity contribution in [2.75, 3.05) is 19.6 Å². The van der Waals surface area contributed by atoms with E-state index in [2.05, 4.69) is 18.7 Å². The second-order valence-corrected chi connectivity index (χ2v) is 5.91. The third-order valence-corrected chi connectivity index (χ3v) is 3.77. The standard InChI is InChI=1S/C15H22F2N2/c1-10-6-11(2)8-19(7-10)9-14(18)15-12(16)4-3-5-13(15)17/h3-5,10-11,14H,6-9,18H2,1-2H3. The molecule has 1 aliphatic rings. The van der Waals surface area contributed by atoms with Crippen molar-refractivity contribution >= 4 is 0 Å². The van der Waals surface area contributed by atoms with E-state index in [9.17, 15) is 8.78 Å². The predicted octanol–water partition coefficient (Wildman–Crippen LogP) is 2.94. The fourth-order valence-corrected chi connectivity index (χ4v) is 3.18. The molecule has 0 aliphatic carbocycles. The Hall–Kier alpha value is -1.00. The first-order valence-corrected chi connectivity index (χ1v) is 6.89. The summed E-state index contributed by atoms with van der Waals surface area (Å²) in [6.07, 6.45) is 1.21. The van der Waals surface area contributed by atoms with Crippen LogP contribution in [0.5, 0.6) is 0 Å². The number of rotatable bonds is 3. The van der Waals surface area contributed by atoms with Gasteiger partial charge in [0.2, 0.25) is 0 Å². The third-order valence-electron chi connectivity index (χ3n) is 3.77. The number of hydrogen-bond donors (Lipinski definition) is 1. The molecule has 4 heteroatoms. The Labute approximate surface area is 113 Å². The first kappa shape index (κ1) is 14.4. The maximum absolute atomic E-state index is 13.7. The fraction of sp³-hybridized carbons (Fsp3) is 0.600. The van der Waals surface area contributed by atoms with E-state index < -0.39 is 17.7 Å². The van der Waals surface area contributed by atoms with Crippen LogP contribution in [0.15, 0.2) is 18.2 Å². The van der Waals surface area contributed by atoms with Crippen molar-refractivity contribution in [2.24, 2.45) is 17.6 Å². The topological polar surface area (TPSA) is 29.3 Å². The van der Waals surface area contributed by atoms with Gasteiger partial charge in [-0.05, 0) is 30.4 Å². The summed E-state index contributed by atoms with van der Waals surface area (Å²) in [6, 6.07) is 3.28. The molecule has 1 aliphatic heterocycles. The van der Waals surface area contributed by atoms with Gasteiger partial charge >= 0.3 is 0 Å². The van der Waals surface area contributed by atoms with Crippen molar-refractivity contribution in [3.8, 4) is 0 Å². The van der Waals surface area contributed by atoms with Crippen LogP contribution in [0.2, 0.25) is 0 Å². The molecule has 19 heavy (non-hydrogen) atoms. The Morgan fingerprint density at radius 1 is 1.21 bits per heavy atom. The SMILES string of the molecule is CC1CC(C)CN(CC(N)c2c(F)cccc2F)C1. The number of piperidine rings is 1. The second-order valence-electron chi connectivity index (χ2n) is 5.91. The van der Waals surface area contributed by atoms with Crippen molar-refractivity contribution in [1.29, 1.82) is 0 Å². The van der Waals surface area contributed by atoms with E-state index in [4.69, 9.17) is 5.73 Å². The molecule has 2 nitrogen and oxygen atoms in total. The summed E-state index contributed by atoms with van der Waals surface area (Å²) in [5.74, 6) is 0.124. The number of nitrogens with two attached hydrogens (primary N) is 1. The maximum Gasteiger partial charge on any atom is 0.130 e. The van der Waals surface area contributed by atoms with Gasteiger partial charge in [0.15, 0.2) is 0 Å². The van der Waals surface area contributed by atoms with Crippen LogP contribution in [0.3, 0.4) is 0 Å². The van der Waals surface area contributed by atoms with E-state index in [1.54, 1.807) is 0 Å². The molecule has 2 rings (SSSR count). The van der Waals surface area contributed by atoms with Gasteiger partial charge in [-0.25, -0.2) is 8.78 Å². The smallest absolute Gasteiger partial charge is 0.130 e. The van der Waals surface area contributed by atoms with Gasteiger partial charge in [-0.15, -0.1) is 0 Å². The van der Waals surface area contributed by atoms with E-state index in [1.807, 2.05) is 0 Å². The van der Waals surface area contributed by atoms with Crippen LogP contribution in [0.4, 0.5) is 8.78 Å². The fourth-order valence-electron chi connectivity index (χ4n) is 3.18. The highest BCUT2D eigenvalue weighted by atomic mass is 19.1. The van der Waals surface area contributed by atoms with Crippen LogP contribution < -0.4 is 5.73 Å². The van der Waals surface area contributed by atoms with Crippen molar-refractivity contribution in [2.45, 2.75) is 26.3 Å². The lowest BCUT2D eigenvalue weighted by Gasteiger charge is -2.36. The van der Waals surface area contributed by atoms with E-state index in [0.717, 1.165) is 13.1 Å². The molecule has 0 saturated carbocycles. The molecule has 0 bridgehead atoms. The number of nitrogens with zero attached hydrogens (tertiary/aromatic N) is 1. The zero-order valence-corrected chi connectivity index (χ0v) is 11.6. The zero-order valence-electron chi connectivity index (χ0n) is 11.6. The van der Waals surface area contributed by atoms with E-state index in [0.29, 0.717) is 18.4 Å². The monoisotopic (exact) mass is 268 g/mol. The third kappa shape index (κ3) is 3.51. The largest absolute Gasteiger partial charge is 0.323 e. The molecule has 106 valence electrons. The van der Waals surface area contributed by atoms with Gasteiger partial charge in [0.25, 0.3) is 0 Å². The molecule has 3 unspecified atom stereocenters. The highest BCUT2D eigenvalue weighted by molar-refractivity contribution is 5.23. The molecule has 2 N–H and O–H groups in total. The van der Waals surface area contributed by atoms with Crippen LogP contribution in [-0.2, 0) is 0 Å². The molecule has 0 spiro atoms. The van der Waals surface area contributed by atoms with Crippen LogP contribution in [0.25, 0.3) is 0 Å². The number of hydrogen-bond acceptors (Lipinski definition) is 2. The van der Waals surface area contributed by atoms with Gasteiger partial charge in [0.05, 0.1) is 0 Å². The Balaban J connectivity index is 2.06. The molecule has 1 saturated heterocycles. The minimum absolute atomic E-state index is 0.00776. The van der Waals surface area contributed by atoms with Crippen molar-refractivity contribution in [1.82, 2.24) is 4.90 Å². The predicted molar refractivity (Wildman–Crippen MR) is 72.7 cm³/mol. The first-order chi connectivity index (χ1) is 8.97. The normalized spacial score (nSPS) is 26.4. The van der Waals surface area contributed by atoms with Gasteiger partial charge in [0, 0.05) is 31.2 Å². The lowest BCUT2D eigenvalue weighted by molar-refractivity contribution is 0.133. The Bertz CT molecular complexity index is 406. The summed E-state index contributed by atoms with van der Waals surface area (Å²) in [6.45, 7) is 6.82. The summed E-state index contributed by atoms with van der Waals surface area (Å²) in [5.41, 5.74) is 6.00. The maximum atomic E-state index is 13.7. The number of halogens is 2. The average Bonchev–Trinajstić information content (AvgIpc) is 2.26. The molecular formula is C15H22F2N2. The van der Waals surface area contributed by atoms with Gasteiger partial charge < -0.3 is 10.6 Å². The van der Waals surface area contributed by atoms with E-state index >= 15 is 0 Å². The molecular weight excluding hydrogens is 246 g/mol. The molecule has 1 aromatic rings. The van der Waals surface area contributed by atoms with E-state index in [-0.39, 0.29) is 5.56 Å². The molecule has 0 amide bonds. The van der Waals surface area contributed by atoms with E-state index in [1.165, 1.54) is 24.6 Å². The number of likely N-dealkylation sites (tertiary alicyclic amines) is 1. The minimum atomic E-state index is -0.612. The summed E-state index contributed by atoms with van der Waals surface area (Å²) in [5, 5.41) is 0. The van der Waals surface area contributed by atoms with Crippen molar-refractivity contribution < 1.29 is 8.78 Å². The average molecular weight is 268 g/mol. The molecule has 0 radical (unpaired) electrons. The van der Waals surface area contributed by atoms with Gasteiger partial charge in [-0.2, -0.15) is 0 Å². The van der Waals surface area contributed by atoms with Crippen LogP contribution in [0.1, 0.15) is 31.9 Å². The van der Waals surface area contributed by atoms with Crippen LogP contribution >= 0.6 is 0 Å². The summed E-state index contributed by atoms with van der Waals surface area (Å²) in [7, 11) is 0. The van der Waals surface area contributed by atoms with Gasteiger partial charge in [0.1, 0.15) is 11.6 Å². The number of benzene rings is 1. The highest BCUT2D eigenvalue weighted by Crippen LogP contribution is 2.24. The zero-order chi connectivity index (χ0) is 14.0. The first-order valence-electron chi connectivity index (χ1n) is 6.89. The van der Waals surface area contributed by atoms with Crippen molar-refractivity contribution in [3.63, 3.8) is 0 Å². The van der Waals surface area contributed by atoms with Crippen LogP contribution in [-0.4, -0.2) is 24.5 Å². The van der Waals surface area contributed by atoms with Gasteiger partial charge in [-0.1, -0.05) is 19.9 Å². The Kier molecular flexibility index (Phi) is 4.53. The molecule has 1 heterocycles. The lowest BCUT2D eigenvalue weighted by Crippen LogP contribution is -2.42. The Morgan fingerprint density at radius 2 is 1.74 bits per heavy atom. The molecule has 3 atom stereocenters. The second kappa shape index (κ2) is 5.97. The molecule has 0 aromatic heterocycles. The minimum Gasteiger partial charge on any atom is -0.323 e. The molecule has 1 fully saturated rings. The van der Waals surface area contributed by atoms with Crippen LogP contribution in [0, 0.1) is 23.5 Å². The van der Waals surface area contributed by atoms with Gasteiger partial charge in [-0.3, -0.25) is 0 Å².